The summed E-state index contributed by atoms with van der Waals surface area (Å²) in [6, 6.07) is 14.6. The summed E-state index contributed by atoms with van der Waals surface area (Å²) in [5.41, 5.74) is 3.46. The summed E-state index contributed by atoms with van der Waals surface area (Å²) < 4.78 is 23.8. The minimum atomic E-state index is -0.718. The maximum Gasteiger partial charge on any atom is 0.339 e. The van der Waals surface area contributed by atoms with Crippen LogP contribution in [0.3, 0.4) is 0 Å². The van der Waals surface area contributed by atoms with E-state index in [1.165, 1.54) is 18.2 Å². The molecule has 0 saturated carbocycles. The number of esters is 1. The van der Waals surface area contributed by atoms with Crippen molar-refractivity contribution in [3.8, 4) is 11.3 Å². The van der Waals surface area contributed by atoms with Crippen LogP contribution in [0.15, 0.2) is 59.1 Å². The van der Waals surface area contributed by atoms with Gasteiger partial charge in [-0.3, -0.25) is 4.79 Å². The van der Waals surface area contributed by atoms with Crippen LogP contribution in [-0.2, 0) is 16.0 Å². The van der Waals surface area contributed by atoms with Crippen molar-refractivity contribution in [3.63, 3.8) is 0 Å². The molecule has 8 heteroatoms. The van der Waals surface area contributed by atoms with E-state index in [4.69, 9.17) is 9.26 Å². The van der Waals surface area contributed by atoms with Crippen LogP contribution in [-0.4, -0.2) is 28.6 Å². The normalized spacial score (nSPS) is 10.8. The van der Waals surface area contributed by atoms with Gasteiger partial charge in [0.2, 0.25) is 0 Å². The molecule has 0 aliphatic carbocycles. The Hall–Kier alpha value is -4.07. The van der Waals surface area contributed by atoms with E-state index in [1.54, 1.807) is 25.1 Å². The zero-order valence-electron chi connectivity index (χ0n) is 17.5. The lowest BCUT2D eigenvalue weighted by molar-refractivity contribution is -0.119. The van der Waals surface area contributed by atoms with E-state index in [0.717, 1.165) is 12.0 Å². The average molecular weight is 433 g/mol. The minimum Gasteiger partial charge on any atom is -0.452 e. The summed E-state index contributed by atoms with van der Waals surface area (Å²) in [6.07, 6.45) is 0.839. The maximum atomic E-state index is 13.3. The quantitative estimate of drug-likeness (QED) is 0.443. The number of nitrogens with one attached hydrogen (secondary N) is 1. The number of fused-ring (bicyclic) bond motifs is 1. The molecule has 4 aromatic rings. The van der Waals surface area contributed by atoms with Gasteiger partial charge in [-0.05, 0) is 61.4 Å². The molecule has 1 amide bonds. The largest absolute Gasteiger partial charge is 0.452 e. The van der Waals surface area contributed by atoms with Crippen molar-refractivity contribution in [2.75, 3.05) is 11.9 Å². The number of nitrogens with zero attached hydrogens (tertiary/aromatic N) is 2. The van der Waals surface area contributed by atoms with Crippen molar-refractivity contribution in [2.24, 2.45) is 0 Å². The van der Waals surface area contributed by atoms with Crippen LogP contribution in [0.5, 0.6) is 0 Å². The summed E-state index contributed by atoms with van der Waals surface area (Å²) in [6.45, 7) is 3.23. The highest BCUT2D eigenvalue weighted by Crippen LogP contribution is 2.27. The summed E-state index contributed by atoms with van der Waals surface area (Å²) in [7, 11) is 0. The molecule has 2 heterocycles. The van der Waals surface area contributed by atoms with Crippen LogP contribution in [0, 0.1) is 12.7 Å². The van der Waals surface area contributed by atoms with Crippen molar-refractivity contribution in [1.29, 1.82) is 0 Å². The van der Waals surface area contributed by atoms with E-state index in [9.17, 15) is 14.0 Å². The molecule has 2 aromatic heterocycles. The number of aryl methyl sites for hydroxylation is 2. The second-order valence-corrected chi connectivity index (χ2v) is 7.19. The lowest BCUT2D eigenvalue weighted by Crippen LogP contribution is -2.21. The Kier molecular flexibility index (Phi) is 5.93. The summed E-state index contributed by atoms with van der Waals surface area (Å²) in [4.78, 5) is 29.5. The van der Waals surface area contributed by atoms with Crippen LogP contribution in [0.2, 0.25) is 0 Å². The van der Waals surface area contributed by atoms with Crippen molar-refractivity contribution in [1.82, 2.24) is 10.1 Å². The fourth-order valence-electron chi connectivity index (χ4n) is 3.30. The number of benzene rings is 2. The lowest BCUT2D eigenvalue weighted by atomic mass is 10.1. The first kappa shape index (κ1) is 21.2. The number of rotatable bonds is 6. The Bertz CT molecular complexity index is 1300. The second-order valence-electron chi connectivity index (χ2n) is 7.19. The predicted molar refractivity (Wildman–Crippen MR) is 117 cm³/mol. The van der Waals surface area contributed by atoms with Crippen LogP contribution in [0.25, 0.3) is 22.4 Å². The van der Waals surface area contributed by atoms with Gasteiger partial charge in [0.15, 0.2) is 6.61 Å². The van der Waals surface area contributed by atoms with Crippen LogP contribution in [0.4, 0.5) is 10.1 Å². The highest BCUT2D eigenvalue weighted by molar-refractivity contribution is 6.05. The van der Waals surface area contributed by atoms with Crippen LogP contribution < -0.4 is 5.32 Å². The molecule has 0 aliphatic heterocycles. The Balaban J connectivity index is 1.55. The molecule has 162 valence electrons. The van der Waals surface area contributed by atoms with Gasteiger partial charge in [-0.2, -0.15) is 0 Å². The van der Waals surface area contributed by atoms with Gasteiger partial charge in [-0.25, -0.2) is 14.2 Å². The zero-order valence-corrected chi connectivity index (χ0v) is 17.5. The molecule has 0 unspecified atom stereocenters. The molecule has 0 bridgehead atoms. The highest BCUT2D eigenvalue weighted by Gasteiger charge is 2.21. The van der Waals surface area contributed by atoms with E-state index in [-0.39, 0.29) is 17.1 Å². The molecule has 0 fully saturated rings. The number of carbonyl (C=O) groups excluding carboxylic acids is 2. The van der Waals surface area contributed by atoms with Gasteiger partial charge in [0.1, 0.15) is 5.82 Å². The summed E-state index contributed by atoms with van der Waals surface area (Å²) >= 11 is 0. The number of anilines is 1. The molecule has 32 heavy (non-hydrogen) atoms. The first-order valence-corrected chi connectivity index (χ1v) is 10.0. The molecule has 0 radical (unpaired) electrons. The highest BCUT2D eigenvalue weighted by atomic mass is 19.1. The molecule has 0 saturated heterocycles. The molecule has 2 aromatic carbocycles. The zero-order chi connectivity index (χ0) is 22.7. The number of carbonyl (C=O) groups is 2. The summed E-state index contributed by atoms with van der Waals surface area (Å²) in [5, 5.41) is 6.99. The molecule has 1 N–H and O–H groups in total. The van der Waals surface area contributed by atoms with Crippen LogP contribution >= 0.6 is 0 Å². The maximum absolute atomic E-state index is 13.3. The van der Waals surface area contributed by atoms with Gasteiger partial charge < -0.3 is 14.6 Å². The minimum absolute atomic E-state index is 0.150. The number of pyridine rings is 1. The number of amides is 1. The van der Waals surface area contributed by atoms with Gasteiger partial charge in [0, 0.05) is 11.3 Å². The molecule has 0 atom stereocenters. The fraction of sp³-hybridized carbons (Fsp3) is 0.167. The first-order chi connectivity index (χ1) is 15.4. The monoisotopic (exact) mass is 433 g/mol. The molecule has 0 spiro atoms. The van der Waals surface area contributed by atoms with Crippen molar-refractivity contribution >= 4 is 28.7 Å². The molecular weight excluding hydrogens is 413 g/mol. The average Bonchev–Trinajstić information content (AvgIpc) is 3.18. The van der Waals surface area contributed by atoms with Gasteiger partial charge in [-0.1, -0.05) is 24.2 Å². The Morgan fingerprint density at radius 3 is 2.66 bits per heavy atom. The second kappa shape index (κ2) is 8.97. The fourth-order valence-corrected chi connectivity index (χ4v) is 3.30. The first-order valence-electron chi connectivity index (χ1n) is 10.0. The molecular formula is C24H20FN3O4. The van der Waals surface area contributed by atoms with Crippen molar-refractivity contribution in [2.45, 2.75) is 20.3 Å². The third kappa shape index (κ3) is 4.49. The third-order valence-electron chi connectivity index (χ3n) is 4.93. The smallest absolute Gasteiger partial charge is 0.339 e. The van der Waals surface area contributed by atoms with E-state index in [1.807, 2.05) is 25.1 Å². The van der Waals surface area contributed by atoms with Crippen LogP contribution in [0.1, 0.15) is 28.5 Å². The van der Waals surface area contributed by atoms with Gasteiger partial charge >= 0.3 is 5.97 Å². The lowest BCUT2D eigenvalue weighted by Gasteiger charge is -2.09. The number of hydrogen-bond acceptors (Lipinski definition) is 6. The van der Waals surface area contributed by atoms with E-state index < -0.39 is 18.5 Å². The number of halogens is 1. The SMILES string of the molecule is CCc1cccc(NC(=O)COC(=O)c2cc(-c3ccc(F)cc3)nc3onc(C)c23)c1. The molecule has 4 rings (SSSR count). The predicted octanol–water partition coefficient (Wildman–Crippen LogP) is 4.70. The molecule has 7 nitrogen and oxygen atoms in total. The van der Waals surface area contributed by atoms with E-state index in [2.05, 4.69) is 15.5 Å². The van der Waals surface area contributed by atoms with Crippen molar-refractivity contribution in [3.05, 3.63) is 77.2 Å². The Morgan fingerprint density at radius 2 is 1.91 bits per heavy atom. The topological polar surface area (TPSA) is 94.3 Å². The number of hydrogen-bond donors (Lipinski definition) is 1. The Labute approximate surface area is 183 Å². The Morgan fingerprint density at radius 1 is 1.12 bits per heavy atom. The van der Waals surface area contributed by atoms with Gasteiger partial charge in [0.05, 0.1) is 22.3 Å². The number of aromatic nitrogens is 2. The van der Waals surface area contributed by atoms with E-state index in [0.29, 0.717) is 28.0 Å². The third-order valence-corrected chi connectivity index (χ3v) is 4.93. The molecule has 0 aliphatic rings. The summed E-state index contributed by atoms with van der Waals surface area (Å²) in [5.74, 6) is -1.57. The van der Waals surface area contributed by atoms with Crippen molar-refractivity contribution < 1.29 is 23.2 Å². The standard InChI is InChI=1S/C24H20FN3O4/c1-3-15-5-4-6-18(11-15)26-21(29)13-31-24(30)19-12-20(16-7-9-17(25)10-8-16)27-23-22(19)14(2)28-32-23/h4-12H,3,13H2,1-2H3,(H,26,29). The van der Waals surface area contributed by atoms with Gasteiger partial charge in [-0.15, -0.1) is 0 Å². The van der Waals surface area contributed by atoms with Gasteiger partial charge in [0.25, 0.3) is 11.6 Å². The van der Waals surface area contributed by atoms with E-state index >= 15 is 0 Å². The number of ether oxygens (including phenoxy) is 1.